The highest BCUT2D eigenvalue weighted by Gasteiger charge is 2.13. The molecule has 0 heterocycles. The summed E-state index contributed by atoms with van der Waals surface area (Å²) in [6.45, 7) is 6.75. The third-order valence-electron chi connectivity index (χ3n) is 3.74. The third kappa shape index (κ3) is 6.10. The number of hydrogen-bond acceptors (Lipinski definition) is 3. The van der Waals surface area contributed by atoms with Crippen molar-refractivity contribution in [2.24, 2.45) is 0 Å². The average Bonchev–Trinajstić information content (AvgIpc) is 2.60. The quantitative estimate of drug-likeness (QED) is 0.522. The van der Waals surface area contributed by atoms with Crippen LogP contribution in [0.4, 0.5) is 0 Å². The molecule has 0 radical (unpaired) electrons. The van der Waals surface area contributed by atoms with Crippen LogP contribution in [0, 0.1) is 0 Å². The molecular formula is C20H25Cl2NO2. The van der Waals surface area contributed by atoms with Crippen LogP contribution in [0.5, 0.6) is 11.5 Å². The summed E-state index contributed by atoms with van der Waals surface area (Å²) >= 11 is 12.6. The molecular weight excluding hydrogens is 357 g/mol. The fraction of sp³-hybridized carbons (Fsp3) is 0.400. The maximum absolute atomic E-state index is 6.45. The predicted molar refractivity (Wildman–Crippen MR) is 105 cm³/mol. The lowest BCUT2D eigenvalue weighted by Crippen LogP contribution is -2.14. The molecule has 0 saturated heterocycles. The van der Waals surface area contributed by atoms with Gasteiger partial charge in [0.05, 0.1) is 11.6 Å². The molecule has 0 saturated carbocycles. The summed E-state index contributed by atoms with van der Waals surface area (Å²) in [7, 11) is 0. The minimum Gasteiger partial charge on any atom is -0.490 e. The second-order valence-electron chi connectivity index (χ2n) is 5.75. The van der Waals surface area contributed by atoms with E-state index in [1.165, 1.54) is 6.42 Å². The SMILES string of the molecule is CCCCNCc1cc(Cl)c(OCc2ccccc2Cl)c(OCC)c1. The average molecular weight is 382 g/mol. The molecule has 2 aromatic carbocycles. The highest BCUT2D eigenvalue weighted by atomic mass is 35.5. The summed E-state index contributed by atoms with van der Waals surface area (Å²) in [5.41, 5.74) is 1.99. The summed E-state index contributed by atoms with van der Waals surface area (Å²) in [5, 5.41) is 4.63. The van der Waals surface area contributed by atoms with E-state index in [9.17, 15) is 0 Å². The van der Waals surface area contributed by atoms with Gasteiger partial charge in [-0.15, -0.1) is 0 Å². The molecule has 2 rings (SSSR count). The van der Waals surface area contributed by atoms with Crippen LogP contribution in [0.3, 0.4) is 0 Å². The van der Waals surface area contributed by atoms with Crippen LogP contribution in [0.2, 0.25) is 10.0 Å². The molecule has 0 bridgehead atoms. The van der Waals surface area contributed by atoms with Gasteiger partial charge in [-0.1, -0.05) is 54.7 Å². The van der Waals surface area contributed by atoms with Crippen LogP contribution in [-0.2, 0) is 13.2 Å². The number of hydrogen-bond donors (Lipinski definition) is 1. The summed E-state index contributed by atoms with van der Waals surface area (Å²) in [4.78, 5) is 0. The van der Waals surface area contributed by atoms with Gasteiger partial charge in [-0.05, 0) is 43.7 Å². The highest BCUT2D eigenvalue weighted by Crippen LogP contribution is 2.37. The molecule has 0 spiro atoms. The lowest BCUT2D eigenvalue weighted by atomic mass is 10.2. The predicted octanol–water partition coefficient (Wildman–Crippen LogP) is 5.86. The number of benzene rings is 2. The molecule has 136 valence electrons. The van der Waals surface area contributed by atoms with Crippen molar-refractivity contribution in [3.05, 3.63) is 57.6 Å². The first-order chi connectivity index (χ1) is 12.2. The van der Waals surface area contributed by atoms with Crippen molar-refractivity contribution in [3.63, 3.8) is 0 Å². The van der Waals surface area contributed by atoms with E-state index in [0.29, 0.717) is 34.8 Å². The third-order valence-corrected chi connectivity index (χ3v) is 4.38. The van der Waals surface area contributed by atoms with Gasteiger partial charge in [-0.25, -0.2) is 0 Å². The van der Waals surface area contributed by atoms with E-state index in [1.54, 1.807) is 0 Å². The van der Waals surface area contributed by atoms with E-state index in [2.05, 4.69) is 12.2 Å². The molecule has 0 aliphatic rings. The zero-order valence-corrected chi connectivity index (χ0v) is 16.3. The Labute approximate surface area is 160 Å². The standard InChI is InChI=1S/C20H25Cl2NO2/c1-3-5-10-23-13-15-11-18(22)20(19(12-15)24-4-2)25-14-16-8-6-7-9-17(16)21/h6-9,11-12,23H,3-5,10,13-14H2,1-2H3. The molecule has 0 atom stereocenters. The molecule has 0 unspecified atom stereocenters. The Hall–Kier alpha value is -1.42. The van der Waals surface area contributed by atoms with E-state index in [4.69, 9.17) is 32.7 Å². The highest BCUT2D eigenvalue weighted by molar-refractivity contribution is 6.32. The summed E-state index contributed by atoms with van der Waals surface area (Å²) in [5.74, 6) is 1.22. The van der Waals surface area contributed by atoms with Crippen molar-refractivity contribution in [3.8, 4) is 11.5 Å². The Bertz CT molecular complexity index is 677. The van der Waals surface area contributed by atoms with Crippen molar-refractivity contribution in [1.29, 1.82) is 0 Å². The van der Waals surface area contributed by atoms with E-state index in [-0.39, 0.29) is 0 Å². The van der Waals surface area contributed by atoms with Crippen molar-refractivity contribution in [1.82, 2.24) is 5.32 Å². The Kier molecular flexibility index (Phi) is 8.39. The van der Waals surface area contributed by atoms with Gasteiger partial charge in [0.15, 0.2) is 11.5 Å². The second-order valence-corrected chi connectivity index (χ2v) is 6.56. The lowest BCUT2D eigenvalue weighted by Gasteiger charge is -2.16. The Morgan fingerprint density at radius 2 is 1.80 bits per heavy atom. The second kappa shape index (κ2) is 10.5. The van der Waals surface area contributed by atoms with E-state index in [1.807, 2.05) is 43.3 Å². The van der Waals surface area contributed by atoms with E-state index >= 15 is 0 Å². The number of ether oxygens (including phenoxy) is 2. The van der Waals surface area contributed by atoms with Crippen LogP contribution in [0.1, 0.15) is 37.8 Å². The Morgan fingerprint density at radius 3 is 2.52 bits per heavy atom. The van der Waals surface area contributed by atoms with Gasteiger partial charge in [0, 0.05) is 17.1 Å². The summed E-state index contributed by atoms with van der Waals surface area (Å²) in [6, 6.07) is 11.5. The molecule has 1 N–H and O–H groups in total. The van der Waals surface area contributed by atoms with E-state index < -0.39 is 0 Å². The van der Waals surface area contributed by atoms with Crippen molar-refractivity contribution in [2.45, 2.75) is 39.8 Å². The van der Waals surface area contributed by atoms with Gasteiger partial charge >= 0.3 is 0 Å². The van der Waals surface area contributed by atoms with Gasteiger partial charge in [-0.3, -0.25) is 0 Å². The molecule has 5 heteroatoms. The smallest absolute Gasteiger partial charge is 0.180 e. The van der Waals surface area contributed by atoms with E-state index in [0.717, 1.165) is 30.6 Å². The van der Waals surface area contributed by atoms with Gasteiger partial charge in [-0.2, -0.15) is 0 Å². The lowest BCUT2D eigenvalue weighted by molar-refractivity contribution is 0.269. The van der Waals surface area contributed by atoms with Gasteiger partial charge in [0.2, 0.25) is 0 Å². The zero-order valence-electron chi connectivity index (χ0n) is 14.8. The first kappa shape index (κ1) is 19.9. The minimum absolute atomic E-state index is 0.341. The molecule has 0 aliphatic carbocycles. The molecule has 0 fully saturated rings. The van der Waals surface area contributed by atoms with Crippen LogP contribution in [-0.4, -0.2) is 13.2 Å². The number of nitrogens with one attached hydrogen (secondary N) is 1. The fourth-order valence-corrected chi connectivity index (χ4v) is 2.90. The van der Waals surface area contributed by atoms with Gasteiger partial charge in [0.1, 0.15) is 6.61 Å². The molecule has 0 aliphatic heterocycles. The van der Waals surface area contributed by atoms with Crippen molar-refractivity contribution >= 4 is 23.2 Å². The minimum atomic E-state index is 0.341. The molecule has 2 aromatic rings. The maximum Gasteiger partial charge on any atom is 0.180 e. The van der Waals surface area contributed by atoms with Gasteiger partial charge in [0.25, 0.3) is 0 Å². The first-order valence-electron chi connectivity index (χ1n) is 8.67. The van der Waals surface area contributed by atoms with Crippen LogP contribution < -0.4 is 14.8 Å². The number of rotatable bonds is 10. The molecule has 3 nitrogen and oxygen atoms in total. The molecule has 0 amide bonds. The maximum atomic E-state index is 6.45. The number of halogens is 2. The van der Waals surface area contributed by atoms with Gasteiger partial charge < -0.3 is 14.8 Å². The topological polar surface area (TPSA) is 30.5 Å². The summed E-state index contributed by atoms with van der Waals surface area (Å²) in [6.07, 6.45) is 2.33. The molecule has 25 heavy (non-hydrogen) atoms. The first-order valence-corrected chi connectivity index (χ1v) is 9.43. The molecule has 0 aromatic heterocycles. The van der Waals surface area contributed by atoms with Crippen molar-refractivity contribution < 1.29 is 9.47 Å². The van der Waals surface area contributed by atoms with Crippen LogP contribution >= 0.6 is 23.2 Å². The summed E-state index contributed by atoms with van der Waals surface area (Å²) < 4.78 is 11.7. The largest absolute Gasteiger partial charge is 0.490 e. The van der Waals surface area contributed by atoms with Crippen LogP contribution in [0.15, 0.2) is 36.4 Å². The van der Waals surface area contributed by atoms with Crippen molar-refractivity contribution in [2.75, 3.05) is 13.2 Å². The Balaban J connectivity index is 2.11. The Morgan fingerprint density at radius 1 is 1.00 bits per heavy atom. The monoisotopic (exact) mass is 381 g/mol. The number of unbranched alkanes of at least 4 members (excludes halogenated alkanes) is 1. The van der Waals surface area contributed by atoms with Crippen LogP contribution in [0.25, 0.3) is 0 Å². The zero-order chi connectivity index (χ0) is 18.1. The fourth-order valence-electron chi connectivity index (χ4n) is 2.43. The normalized spacial score (nSPS) is 10.7.